The second kappa shape index (κ2) is 5.62. The first-order chi connectivity index (χ1) is 10.1. The van der Waals surface area contributed by atoms with E-state index in [1.165, 1.54) is 0 Å². The van der Waals surface area contributed by atoms with Crippen LogP contribution in [0.1, 0.15) is 0 Å². The van der Waals surface area contributed by atoms with Crippen molar-refractivity contribution >= 4 is 44.1 Å². The lowest BCUT2D eigenvalue weighted by molar-refractivity contribution is 1.13. The molecule has 0 atom stereocenters. The molecule has 5 heteroatoms. The Bertz CT molecular complexity index is 818. The molecule has 0 fully saturated rings. The van der Waals surface area contributed by atoms with E-state index >= 15 is 0 Å². The predicted octanol–water partition coefficient (Wildman–Crippen LogP) is 4.78. The number of para-hydroxylation sites is 1. The van der Waals surface area contributed by atoms with Gasteiger partial charge in [0.05, 0.1) is 5.52 Å². The van der Waals surface area contributed by atoms with Crippen LogP contribution in [0.2, 0.25) is 5.15 Å². The maximum atomic E-state index is 6.30. The molecule has 0 spiro atoms. The zero-order chi connectivity index (χ0) is 15.0. The second-order valence-corrected chi connectivity index (χ2v) is 6.13. The molecule has 0 aliphatic heterocycles. The normalized spacial score (nSPS) is 10.9. The predicted molar refractivity (Wildman–Crippen MR) is 92.0 cm³/mol. The maximum Gasteiger partial charge on any atom is 0.161 e. The molecule has 2 aromatic carbocycles. The Hall–Kier alpha value is -1.65. The molecule has 3 aromatic rings. The summed E-state index contributed by atoms with van der Waals surface area (Å²) in [6.45, 7) is 0. The minimum Gasteiger partial charge on any atom is -0.378 e. The van der Waals surface area contributed by atoms with Gasteiger partial charge in [-0.05, 0) is 40.2 Å². The SMILES string of the molecule is CN(C)c1cccc(-c2nc(Cl)c3cccc(Br)c3n2)c1. The van der Waals surface area contributed by atoms with Gasteiger partial charge in [0.2, 0.25) is 0 Å². The fraction of sp³-hybridized carbons (Fsp3) is 0.125. The van der Waals surface area contributed by atoms with E-state index in [1.54, 1.807) is 0 Å². The number of fused-ring (bicyclic) bond motifs is 1. The average Bonchev–Trinajstić information content (AvgIpc) is 2.48. The van der Waals surface area contributed by atoms with Crippen molar-refractivity contribution in [3.05, 3.63) is 52.1 Å². The summed E-state index contributed by atoms with van der Waals surface area (Å²) in [5.41, 5.74) is 2.86. The van der Waals surface area contributed by atoms with E-state index in [-0.39, 0.29) is 0 Å². The molecule has 0 aliphatic carbocycles. The summed E-state index contributed by atoms with van der Waals surface area (Å²) in [6.07, 6.45) is 0. The molecule has 3 rings (SSSR count). The Morgan fingerprint density at radius 2 is 1.81 bits per heavy atom. The van der Waals surface area contributed by atoms with Crippen molar-refractivity contribution in [3.8, 4) is 11.4 Å². The topological polar surface area (TPSA) is 29.0 Å². The van der Waals surface area contributed by atoms with Gasteiger partial charge in [-0.2, -0.15) is 0 Å². The first-order valence-corrected chi connectivity index (χ1v) is 7.63. The monoisotopic (exact) mass is 361 g/mol. The van der Waals surface area contributed by atoms with Crippen LogP contribution in [0.5, 0.6) is 0 Å². The summed E-state index contributed by atoms with van der Waals surface area (Å²) in [5, 5.41) is 1.31. The van der Waals surface area contributed by atoms with Gasteiger partial charge in [0.25, 0.3) is 0 Å². The highest BCUT2D eigenvalue weighted by molar-refractivity contribution is 9.10. The number of aromatic nitrogens is 2. The molecule has 1 heterocycles. The van der Waals surface area contributed by atoms with Crippen molar-refractivity contribution in [2.75, 3.05) is 19.0 Å². The molecular weight excluding hydrogens is 350 g/mol. The van der Waals surface area contributed by atoms with Crippen LogP contribution in [-0.2, 0) is 0 Å². The van der Waals surface area contributed by atoms with E-state index in [1.807, 2.05) is 61.5 Å². The third kappa shape index (κ3) is 2.74. The fourth-order valence-electron chi connectivity index (χ4n) is 2.13. The first-order valence-electron chi connectivity index (χ1n) is 6.46. The minimum atomic E-state index is 0.464. The van der Waals surface area contributed by atoms with E-state index in [4.69, 9.17) is 11.6 Å². The summed E-state index contributed by atoms with van der Waals surface area (Å²) in [4.78, 5) is 11.1. The van der Waals surface area contributed by atoms with E-state index < -0.39 is 0 Å². The first kappa shape index (κ1) is 14.3. The number of hydrogen-bond acceptors (Lipinski definition) is 3. The van der Waals surface area contributed by atoms with Gasteiger partial charge >= 0.3 is 0 Å². The third-order valence-electron chi connectivity index (χ3n) is 3.25. The highest BCUT2D eigenvalue weighted by Crippen LogP contribution is 2.30. The molecule has 0 saturated carbocycles. The average molecular weight is 363 g/mol. The van der Waals surface area contributed by atoms with Gasteiger partial charge in [0.15, 0.2) is 5.82 Å². The smallest absolute Gasteiger partial charge is 0.161 e. The number of benzene rings is 2. The Kier molecular flexibility index (Phi) is 3.83. The molecule has 0 N–H and O–H groups in total. The fourth-order valence-corrected chi connectivity index (χ4v) is 2.82. The molecule has 0 amide bonds. The molecule has 106 valence electrons. The van der Waals surface area contributed by atoms with Crippen LogP contribution in [-0.4, -0.2) is 24.1 Å². The minimum absolute atomic E-state index is 0.464. The summed E-state index contributed by atoms with van der Waals surface area (Å²) >= 11 is 9.82. The Labute approximate surface area is 136 Å². The molecule has 1 aromatic heterocycles. The molecule has 0 unspecified atom stereocenters. The Morgan fingerprint density at radius 1 is 1.05 bits per heavy atom. The number of hydrogen-bond donors (Lipinski definition) is 0. The zero-order valence-electron chi connectivity index (χ0n) is 11.6. The van der Waals surface area contributed by atoms with Gasteiger partial charge in [-0.25, -0.2) is 9.97 Å². The lowest BCUT2D eigenvalue weighted by Crippen LogP contribution is -2.08. The van der Waals surface area contributed by atoms with Gasteiger partial charge in [0.1, 0.15) is 5.15 Å². The Balaban J connectivity index is 2.21. The molecular formula is C16H13BrClN3. The number of anilines is 1. The van der Waals surface area contributed by atoms with Crippen molar-refractivity contribution in [3.63, 3.8) is 0 Å². The highest BCUT2D eigenvalue weighted by Gasteiger charge is 2.10. The van der Waals surface area contributed by atoms with Gasteiger partial charge in [-0.3, -0.25) is 0 Å². The number of nitrogens with zero attached hydrogens (tertiary/aromatic N) is 3. The molecule has 0 radical (unpaired) electrons. The lowest BCUT2D eigenvalue weighted by Gasteiger charge is -2.13. The van der Waals surface area contributed by atoms with Crippen molar-refractivity contribution in [1.82, 2.24) is 9.97 Å². The van der Waals surface area contributed by atoms with E-state index in [0.29, 0.717) is 11.0 Å². The largest absolute Gasteiger partial charge is 0.378 e. The summed E-state index contributed by atoms with van der Waals surface area (Å²) in [7, 11) is 4.01. The van der Waals surface area contributed by atoms with Crippen molar-refractivity contribution < 1.29 is 0 Å². The molecule has 3 nitrogen and oxygen atoms in total. The summed E-state index contributed by atoms with van der Waals surface area (Å²) in [6, 6.07) is 13.9. The van der Waals surface area contributed by atoms with Gasteiger partial charge in [0, 0.05) is 35.2 Å². The van der Waals surface area contributed by atoms with Gasteiger partial charge in [-0.1, -0.05) is 29.8 Å². The Morgan fingerprint density at radius 3 is 2.57 bits per heavy atom. The van der Waals surface area contributed by atoms with Crippen molar-refractivity contribution in [1.29, 1.82) is 0 Å². The summed E-state index contributed by atoms with van der Waals surface area (Å²) < 4.78 is 0.911. The number of rotatable bonds is 2. The third-order valence-corrected chi connectivity index (χ3v) is 4.18. The van der Waals surface area contributed by atoms with Crippen LogP contribution in [0.3, 0.4) is 0 Å². The molecule has 21 heavy (non-hydrogen) atoms. The van der Waals surface area contributed by atoms with Crippen LogP contribution < -0.4 is 4.90 Å². The van der Waals surface area contributed by atoms with Crippen LogP contribution in [0, 0.1) is 0 Å². The van der Waals surface area contributed by atoms with Crippen LogP contribution in [0.25, 0.3) is 22.3 Å². The highest BCUT2D eigenvalue weighted by atomic mass is 79.9. The quantitative estimate of drug-likeness (QED) is 0.614. The zero-order valence-corrected chi connectivity index (χ0v) is 14.0. The lowest BCUT2D eigenvalue weighted by atomic mass is 10.1. The van der Waals surface area contributed by atoms with E-state index in [0.717, 1.165) is 26.6 Å². The van der Waals surface area contributed by atoms with E-state index in [2.05, 4.69) is 25.9 Å². The van der Waals surface area contributed by atoms with Gasteiger partial charge in [-0.15, -0.1) is 0 Å². The maximum absolute atomic E-state index is 6.30. The van der Waals surface area contributed by atoms with Crippen LogP contribution in [0.4, 0.5) is 5.69 Å². The van der Waals surface area contributed by atoms with Crippen molar-refractivity contribution in [2.45, 2.75) is 0 Å². The molecule has 0 aliphatic rings. The summed E-state index contributed by atoms with van der Waals surface area (Å²) in [5.74, 6) is 0.628. The standard InChI is InChI=1S/C16H13BrClN3/c1-21(2)11-6-3-5-10(9-11)16-19-14-12(15(18)20-16)7-4-8-13(14)17/h3-9H,1-2H3. The molecule has 0 bridgehead atoms. The van der Waals surface area contributed by atoms with Crippen LogP contribution >= 0.6 is 27.5 Å². The van der Waals surface area contributed by atoms with E-state index in [9.17, 15) is 0 Å². The van der Waals surface area contributed by atoms with Crippen molar-refractivity contribution in [2.24, 2.45) is 0 Å². The van der Waals surface area contributed by atoms with Crippen LogP contribution in [0.15, 0.2) is 46.9 Å². The second-order valence-electron chi connectivity index (χ2n) is 4.92. The van der Waals surface area contributed by atoms with Gasteiger partial charge < -0.3 is 4.90 Å². The number of halogens is 2. The molecule has 0 saturated heterocycles.